The third-order valence-electron chi connectivity index (χ3n) is 2.22. The average Bonchev–Trinajstić information content (AvgIpc) is 2.25. The molecule has 0 unspecified atom stereocenters. The fourth-order valence-electron chi connectivity index (χ4n) is 1.37. The van der Waals surface area contributed by atoms with Crippen LogP contribution in [0.5, 0.6) is 5.75 Å². The van der Waals surface area contributed by atoms with Gasteiger partial charge in [-0.25, -0.2) is 13.2 Å². The summed E-state index contributed by atoms with van der Waals surface area (Å²) in [4.78, 5) is 15.2. The van der Waals surface area contributed by atoms with Crippen LogP contribution >= 0.6 is 0 Å². The first kappa shape index (κ1) is 17.2. The molecule has 0 aromatic heterocycles. The lowest BCUT2D eigenvalue weighted by atomic mass is 10.1. The number of rotatable bonds is 5. The van der Waals surface area contributed by atoms with Crippen molar-refractivity contribution in [3.05, 3.63) is 23.3 Å². The fourth-order valence-corrected chi connectivity index (χ4v) is 2.43. The Labute approximate surface area is 117 Å². The van der Waals surface area contributed by atoms with E-state index in [1.807, 2.05) is 0 Å². The number of aromatic hydroxyl groups is 1. The molecule has 11 heteroatoms. The molecule has 0 aliphatic carbocycles. The molecule has 0 amide bonds. The largest absolute Gasteiger partial charge is 0.507 e. The van der Waals surface area contributed by atoms with Crippen LogP contribution in [0, 0.1) is 6.92 Å². The van der Waals surface area contributed by atoms with Gasteiger partial charge >= 0.3 is 12.1 Å². The predicted octanol–water partition coefficient (Wildman–Crippen LogP) is 1.17. The molecule has 1 aromatic rings. The molecule has 1 aromatic carbocycles. The van der Waals surface area contributed by atoms with Crippen molar-refractivity contribution in [3.8, 4) is 5.75 Å². The molecule has 0 fully saturated rings. The van der Waals surface area contributed by atoms with Gasteiger partial charge in [-0.15, -0.1) is 0 Å². The Kier molecular flexibility index (Phi) is 4.81. The van der Waals surface area contributed by atoms with Crippen LogP contribution in [0.3, 0.4) is 0 Å². The number of sulfonamides is 1. The summed E-state index contributed by atoms with van der Waals surface area (Å²) in [6.07, 6.45) is -4.74. The number of hydrogen-bond acceptors (Lipinski definition) is 5. The highest BCUT2D eigenvalue weighted by Crippen LogP contribution is 2.25. The van der Waals surface area contributed by atoms with Gasteiger partial charge in [0.25, 0.3) is 10.0 Å². The molecule has 0 atom stereocenters. The van der Waals surface area contributed by atoms with E-state index in [0.717, 1.165) is 6.07 Å². The zero-order valence-corrected chi connectivity index (χ0v) is 11.2. The zero-order valence-electron chi connectivity index (χ0n) is 10.4. The Morgan fingerprint density at radius 2 is 1.95 bits per heavy atom. The molecular formula is C10H10F3NO6S. The summed E-state index contributed by atoms with van der Waals surface area (Å²) in [6, 6.07) is 1.48. The van der Waals surface area contributed by atoms with Crippen LogP contribution in [0.1, 0.15) is 15.9 Å². The van der Waals surface area contributed by atoms with E-state index in [1.165, 1.54) is 11.8 Å². The summed E-state index contributed by atoms with van der Waals surface area (Å²) >= 11 is 0. The van der Waals surface area contributed by atoms with Gasteiger partial charge in [0.1, 0.15) is 11.3 Å². The van der Waals surface area contributed by atoms with Crippen LogP contribution < -0.4 is 4.89 Å². The Hall–Kier alpha value is -1.85. The van der Waals surface area contributed by atoms with E-state index < -0.39 is 45.0 Å². The van der Waals surface area contributed by atoms with E-state index in [0.29, 0.717) is 6.07 Å². The molecule has 0 bridgehead atoms. The molecular weight excluding hydrogens is 319 g/mol. The highest BCUT2D eigenvalue weighted by atomic mass is 32.2. The second kappa shape index (κ2) is 5.87. The van der Waals surface area contributed by atoms with E-state index >= 15 is 0 Å². The van der Waals surface area contributed by atoms with E-state index in [1.54, 1.807) is 0 Å². The van der Waals surface area contributed by atoms with Crippen LogP contribution in [0.4, 0.5) is 13.2 Å². The molecule has 7 nitrogen and oxygen atoms in total. The first-order valence-corrected chi connectivity index (χ1v) is 6.69. The molecule has 0 radical (unpaired) electrons. The summed E-state index contributed by atoms with van der Waals surface area (Å²) in [6.45, 7) is -0.626. The maximum Gasteiger partial charge on any atom is 0.413 e. The topological polar surface area (TPSA) is 113 Å². The van der Waals surface area contributed by atoms with Crippen molar-refractivity contribution in [1.29, 1.82) is 0 Å². The van der Waals surface area contributed by atoms with Crippen molar-refractivity contribution >= 4 is 16.0 Å². The Morgan fingerprint density at radius 1 is 1.38 bits per heavy atom. The fraction of sp³-hybridized carbons (Fsp3) is 0.300. The first-order valence-electron chi connectivity index (χ1n) is 5.21. The number of hydrogen-bond donors (Lipinski definition) is 3. The van der Waals surface area contributed by atoms with Crippen LogP contribution in [0.2, 0.25) is 0 Å². The normalized spacial score (nSPS) is 12.4. The van der Waals surface area contributed by atoms with E-state index in [9.17, 15) is 31.5 Å². The molecule has 21 heavy (non-hydrogen) atoms. The van der Waals surface area contributed by atoms with Crippen molar-refractivity contribution < 1.29 is 41.4 Å². The molecule has 0 saturated carbocycles. The van der Waals surface area contributed by atoms with Gasteiger partial charge in [-0.3, -0.25) is 4.84 Å². The standard InChI is InChI=1S/C10H10F3NO6S/c1-5-2-7(15)6(9(16)17)3-8(5)21(18,19)14-20-4-10(11,12)13/h2-3,14-15H,4H2,1H3,(H,16,17). The summed E-state index contributed by atoms with van der Waals surface area (Å²) in [5.41, 5.74) is -0.780. The van der Waals surface area contributed by atoms with Crippen LogP contribution in [-0.2, 0) is 14.9 Å². The molecule has 3 N–H and O–H groups in total. The summed E-state index contributed by atoms with van der Waals surface area (Å²) in [5, 5.41) is 18.1. The van der Waals surface area contributed by atoms with Gasteiger partial charge in [0.05, 0.1) is 4.90 Å². The minimum Gasteiger partial charge on any atom is -0.507 e. The van der Waals surface area contributed by atoms with Crippen molar-refractivity contribution in [2.24, 2.45) is 0 Å². The summed E-state index contributed by atoms with van der Waals surface area (Å²) in [5.74, 6) is -2.27. The second-order valence-corrected chi connectivity index (χ2v) is 5.54. The number of carboxylic acids is 1. The van der Waals surface area contributed by atoms with Crippen LogP contribution in [-0.4, -0.2) is 37.4 Å². The van der Waals surface area contributed by atoms with Crippen LogP contribution in [0.25, 0.3) is 0 Å². The molecule has 0 saturated heterocycles. The molecule has 118 valence electrons. The summed E-state index contributed by atoms with van der Waals surface area (Å²) < 4.78 is 59.1. The molecule has 0 heterocycles. The number of benzene rings is 1. The number of phenols is 1. The zero-order chi connectivity index (χ0) is 16.4. The quantitative estimate of drug-likeness (QED) is 0.699. The van der Waals surface area contributed by atoms with E-state index in [2.05, 4.69) is 4.84 Å². The lowest BCUT2D eigenvalue weighted by molar-refractivity contribution is -0.181. The molecule has 0 aliphatic rings. The number of alkyl halides is 3. The third-order valence-corrected chi connectivity index (χ3v) is 3.57. The van der Waals surface area contributed by atoms with Gasteiger partial charge in [-0.2, -0.15) is 13.2 Å². The number of halogens is 3. The Balaban J connectivity index is 3.08. The second-order valence-electron chi connectivity index (χ2n) is 3.93. The molecule has 0 spiro atoms. The Morgan fingerprint density at radius 3 is 2.43 bits per heavy atom. The van der Waals surface area contributed by atoms with Gasteiger partial charge in [0.2, 0.25) is 0 Å². The van der Waals surface area contributed by atoms with Gasteiger partial charge in [0, 0.05) is 0 Å². The maximum atomic E-state index is 11.9. The van der Waals surface area contributed by atoms with Gasteiger partial charge < -0.3 is 10.2 Å². The number of carbonyl (C=O) groups is 1. The average molecular weight is 329 g/mol. The number of aromatic carboxylic acids is 1. The van der Waals surface area contributed by atoms with Crippen molar-refractivity contribution in [2.45, 2.75) is 18.0 Å². The van der Waals surface area contributed by atoms with Crippen molar-refractivity contribution in [3.63, 3.8) is 0 Å². The Bertz CT molecular complexity index is 655. The number of carboxylic acid groups (broad SMARTS) is 1. The monoisotopic (exact) mass is 329 g/mol. The first-order chi connectivity index (χ1) is 9.44. The molecule has 0 aliphatic heterocycles. The lowest BCUT2D eigenvalue weighted by Gasteiger charge is -2.12. The number of aryl methyl sites for hydroxylation is 1. The molecule has 1 rings (SSSR count). The minimum absolute atomic E-state index is 0.0689. The highest BCUT2D eigenvalue weighted by Gasteiger charge is 2.29. The predicted molar refractivity (Wildman–Crippen MR) is 62.1 cm³/mol. The lowest BCUT2D eigenvalue weighted by Crippen LogP contribution is -2.30. The number of nitrogens with one attached hydrogen (secondary N) is 1. The van der Waals surface area contributed by atoms with E-state index in [-0.39, 0.29) is 5.56 Å². The third kappa shape index (κ3) is 4.58. The van der Waals surface area contributed by atoms with Gasteiger partial charge in [-0.05, 0) is 24.6 Å². The highest BCUT2D eigenvalue weighted by molar-refractivity contribution is 7.89. The summed E-state index contributed by atoms with van der Waals surface area (Å²) in [7, 11) is -4.53. The van der Waals surface area contributed by atoms with Crippen molar-refractivity contribution in [2.75, 3.05) is 6.61 Å². The smallest absolute Gasteiger partial charge is 0.413 e. The maximum absolute atomic E-state index is 11.9. The van der Waals surface area contributed by atoms with Crippen LogP contribution in [0.15, 0.2) is 17.0 Å². The SMILES string of the molecule is Cc1cc(O)c(C(=O)O)cc1S(=O)(=O)NOCC(F)(F)F. The van der Waals surface area contributed by atoms with Gasteiger partial charge in [0.15, 0.2) is 6.61 Å². The van der Waals surface area contributed by atoms with Crippen molar-refractivity contribution in [1.82, 2.24) is 4.89 Å². The van der Waals surface area contributed by atoms with E-state index in [4.69, 9.17) is 5.11 Å². The van der Waals surface area contributed by atoms with Gasteiger partial charge in [-0.1, -0.05) is 4.89 Å². The minimum atomic E-state index is -4.74.